The highest BCUT2D eigenvalue weighted by Gasteiger charge is 2.20. The van der Waals surface area contributed by atoms with Gasteiger partial charge in [-0.25, -0.2) is 4.98 Å². The van der Waals surface area contributed by atoms with Crippen molar-refractivity contribution in [1.29, 1.82) is 0 Å². The van der Waals surface area contributed by atoms with E-state index in [9.17, 15) is 4.79 Å². The molecular formula is C22H28N4O2. The first kappa shape index (κ1) is 18.7. The molecule has 1 N–H and O–H groups in total. The van der Waals surface area contributed by atoms with Crippen molar-refractivity contribution in [2.75, 3.05) is 49.1 Å². The fourth-order valence-corrected chi connectivity index (χ4v) is 3.84. The average Bonchev–Trinajstić information content (AvgIpc) is 3.26. The smallest absolute Gasteiger partial charge is 0.252 e. The Bertz CT molecular complexity index is 794. The number of carbonyl (C=O) groups is 1. The van der Waals surface area contributed by atoms with Crippen LogP contribution in [-0.2, 0) is 4.74 Å². The van der Waals surface area contributed by atoms with Gasteiger partial charge in [-0.3, -0.25) is 4.79 Å². The average molecular weight is 380 g/mol. The van der Waals surface area contributed by atoms with E-state index in [1.165, 1.54) is 11.3 Å². The van der Waals surface area contributed by atoms with Gasteiger partial charge in [0.2, 0.25) is 0 Å². The SMILES string of the molecule is Cc1cccc(N2CCN(c3ccc(C(=O)NCC4CCCO4)cn3)CC2)c1. The number of anilines is 2. The minimum atomic E-state index is -0.0844. The number of pyridine rings is 1. The quantitative estimate of drug-likeness (QED) is 0.864. The van der Waals surface area contributed by atoms with Crippen molar-refractivity contribution in [1.82, 2.24) is 10.3 Å². The molecule has 1 aromatic heterocycles. The van der Waals surface area contributed by atoms with Gasteiger partial charge < -0.3 is 19.9 Å². The van der Waals surface area contributed by atoms with Crippen LogP contribution in [0, 0.1) is 6.92 Å². The minimum absolute atomic E-state index is 0.0844. The molecule has 1 unspecified atom stereocenters. The molecule has 0 radical (unpaired) electrons. The normalized spacial score (nSPS) is 19.7. The van der Waals surface area contributed by atoms with Crippen molar-refractivity contribution in [3.8, 4) is 0 Å². The molecule has 0 aliphatic carbocycles. The van der Waals surface area contributed by atoms with Gasteiger partial charge in [0, 0.05) is 51.2 Å². The van der Waals surface area contributed by atoms with Crippen molar-refractivity contribution in [3.05, 3.63) is 53.7 Å². The predicted octanol–water partition coefficient (Wildman–Crippen LogP) is 2.63. The number of aryl methyl sites for hydroxylation is 1. The van der Waals surface area contributed by atoms with Gasteiger partial charge in [0.05, 0.1) is 11.7 Å². The zero-order valence-corrected chi connectivity index (χ0v) is 16.4. The van der Waals surface area contributed by atoms with E-state index in [1.54, 1.807) is 6.20 Å². The molecule has 2 aliphatic heterocycles. The lowest BCUT2D eigenvalue weighted by atomic mass is 10.2. The van der Waals surface area contributed by atoms with Crippen LogP contribution in [0.2, 0.25) is 0 Å². The van der Waals surface area contributed by atoms with Crippen molar-refractivity contribution in [2.24, 2.45) is 0 Å². The number of aromatic nitrogens is 1. The summed E-state index contributed by atoms with van der Waals surface area (Å²) < 4.78 is 5.54. The van der Waals surface area contributed by atoms with E-state index >= 15 is 0 Å². The van der Waals surface area contributed by atoms with Crippen LogP contribution in [0.5, 0.6) is 0 Å². The lowest BCUT2D eigenvalue weighted by Crippen LogP contribution is -2.46. The second-order valence-corrected chi connectivity index (χ2v) is 7.56. The fraction of sp³-hybridized carbons (Fsp3) is 0.455. The summed E-state index contributed by atoms with van der Waals surface area (Å²) in [5.41, 5.74) is 3.17. The number of benzene rings is 1. The molecule has 28 heavy (non-hydrogen) atoms. The van der Waals surface area contributed by atoms with E-state index in [0.717, 1.165) is 51.4 Å². The molecule has 0 saturated carbocycles. The maximum Gasteiger partial charge on any atom is 0.252 e. The topological polar surface area (TPSA) is 57.7 Å². The maximum absolute atomic E-state index is 12.3. The number of piperazine rings is 1. The molecule has 1 amide bonds. The number of hydrogen-bond acceptors (Lipinski definition) is 5. The minimum Gasteiger partial charge on any atom is -0.376 e. The number of carbonyl (C=O) groups excluding carboxylic acids is 1. The molecule has 2 aliphatic rings. The highest BCUT2D eigenvalue weighted by molar-refractivity contribution is 5.94. The second kappa shape index (κ2) is 8.61. The van der Waals surface area contributed by atoms with Gasteiger partial charge >= 0.3 is 0 Å². The third-order valence-electron chi connectivity index (χ3n) is 5.49. The number of ether oxygens (including phenoxy) is 1. The molecule has 1 aromatic carbocycles. The van der Waals surface area contributed by atoms with Crippen molar-refractivity contribution in [3.63, 3.8) is 0 Å². The summed E-state index contributed by atoms with van der Waals surface area (Å²) in [7, 11) is 0. The summed E-state index contributed by atoms with van der Waals surface area (Å²) >= 11 is 0. The van der Waals surface area contributed by atoms with Gasteiger partial charge in [0.25, 0.3) is 5.91 Å². The molecule has 3 heterocycles. The van der Waals surface area contributed by atoms with Crippen LogP contribution in [0.25, 0.3) is 0 Å². The van der Waals surface area contributed by atoms with Crippen LogP contribution in [0.15, 0.2) is 42.6 Å². The molecule has 2 saturated heterocycles. The van der Waals surface area contributed by atoms with Gasteiger partial charge in [-0.2, -0.15) is 0 Å². The van der Waals surface area contributed by atoms with E-state index in [-0.39, 0.29) is 12.0 Å². The Hall–Kier alpha value is -2.60. The Morgan fingerprint density at radius 1 is 1.18 bits per heavy atom. The van der Waals surface area contributed by atoms with Crippen LogP contribution in [-0.4, -0.2) is 56.3 Å². The maximum atomic E-state index is 12.3. The molecule has 0 spiro atoms. The van der Waals surface area contributed by atoms with Crippen LogP contribution in [0.4, 0.5) is 11.5 Å². The van der Waals surface area contributed by atoms with E-state index in [0.29, 0.717) is 12.1 Å². The van der Waals surface area contributed by atoms with Crippen LogP contribution in [0.3, 0.4) is 0 Å². The molecule has 1 atom stereocenters. The number of amides is 1. The summed E-state index contributed by atoms with van der Waals surface area (Å²) in [6.07, 6.45) is 3.92. The Kier molecular flexibility index (Phi) is 5.76. The van der Waals surface area contributed by atoms with Crippen molar-refractivity contribution in [2.45, 2.75) is 25.9 Å². The van der Waals surface area contributed by atoms with Gasteiger partial charge in [-0.05, 0) is 49.6 Å². The van der Waals surface area contributed by atoms with Crippen LogP contribution in [0.1, 0.15) is 28.8 Å². The first-order valence-corrected chi connectivity index (χ1v) is 10.1. The summed E-state index contributed by atoms with van der Waals surface area (Å²) in [4.78, 5) is 21.5. The Labute approximate surface area is 166 Å². The van der Waals surface area contributed by atoms with Crippen molar-refractivity contribution < 1.29 is 9.53 Å². The molecule has 6 heteroatoms. The summed E-state index contributed by atoms with van der Waals surface area (Å²) in [6, 6.07) is 12.5. The molecule has 4 rings (SSSR count). The first-order valence-electron chi connectivity index (χ1n) is 10.1. The van der Waals surface area contributed by atoms with E-state index in [2.05, 4.69) is 51.3 Å². The fourth-order valence-electron chi connectivity index (χ4n) is 3.84. The van der Waals surface area contributed by atoms with E-state index in [4.69, 9.17) is 4.74 Å². The largest absolute Gasteiger partial charge is 0.376 e. The number of nitrogens with one attached hydrogen (secondary N) is 1. The standard InChI is InChI=1S/C22H28N4O2/c1-17-4-2-5-19(14-17)25-9-11-26(12-10-25)21-8-7-18(15-23-21)22(27)24-16-20-6-3-13-28-20/h2,4-5,7-8,14-15,20H,3,6,9-13,16H2,1H3,(H,24,27). The third kappa shape index (κ3) is 4.44. The summed E-state index contributed by atoms with van der Waals surface area (Å²) in [5, 5.41) is 2.94. The first-order chi connectivity index (χ1) is 13.7. The van der Waals surface area contributed by atoms with Crippen molar-refractivity contribution >= 4 is 17.4 Å². The molecule has 2 fully saturated rings. The second-order valence-electron chi connectivity index (χ2n) is 7.56. The predicted molar refractivity (Wildman–Crippen MR) is 111 cm³/mol. The van der Waals surface area contributed by atoms with Gasteiger partial charge in [0.1, 0.15) is 5.82 Å². The highest BCUT2D eigenvalue weighted by atomic mass is 16.5. The molecular weight excluding hydrogens is 352 g/mol. The molecule has 2 aromatic rings. The van der Waals surface area contributed by atoms with E-state index in [1.807, 2.05) is 12.1 Å². The molecule has 6 nitrogen and oxygen atoms in total. The lowest BCUT2D eigenvalue weighted by molar-refractivity contribution is 0.0857. The van der Waals surface area contributed by atoms with Gasteiger partial charge in [0.15, 0.2) is 0 Å². The summed E-state index contributed by atoms with van der Waals surface area (Å²) in [6.45, 7) is 7.28. The highest BCUT2D eigenvalue weighted by Crippen LogP contribution is 2.20. The van der Waals surface area contributed by atoms with Crippen LogP contribution < -0.4 is 15.1 Å². The zero-order chi connectivity index (χ0) is 19.3. The molecule has 0 bridgehead atoms. The Balaban J connectivity index is 1.30. The number of nitrogens with zero attached hydrogens (tertiary/aromatic N) is 3. The monoisotopic (exact) mass is 380 g/mol. The summed E-state index contributed by atoms with van der Waals surface area (Å²) in [5.74, 6) is 0.846. The third-order valence-corrected chi connectivity index (χ3v) is 5.49. The van der Waals surface area contributed by atoms with E-state index < -0.39 is 0 Å². The lowest BCUT2D eigenvalue weighted by Gasteiger charge is -2.36. The number of hydrogen-bond donors (Lipinski definition) is 1. The Morgan fingerprint density at radius 3 is 2.68 bits per heavy atom. The molecule has 148 valence electrons. The van der Waals surface area contributed by atoms with Gasteiger partial charge in [-0.15, -0.1) is 0 Å². The van der Waals surface area contributed by atoms with Crippen LogP contribution >= 0.6 is 0 Å². The number of rotatable bonds is 5. The zero-order valence-electron chi connectivity index (χ0n) is 16.4. The van der Waals surface area contributed by atoms with Gasteiger partial charge in [-0.1, -0.05) is 12.1 Å². The Morgan fingerprint density at radius 2 is 2.00 bits per heavy atom.